The molecule has 0 saturated carbocycles. The summed E-state index contributed by atoms with van der Waals surface area (Å²) in [4.78, 5) is 10.6. The largest absolute Gasteiger partial charge is 0.368 e. The molecule has 0 aliphatic rings. The van der Waals surface area contributed by atoms with Crippen LogP contribution in [0, 0.1) is 5.82 Å². The van der Waals surface area contributed by atoms with Gasteiger partial charge < -0.3 is 11.5 Å². The second kappa shape index (κ2) is 5.57. The number of hydrogen-bond acceptors (Lipinski definition) is 2. The Morgan fingerprint density at radius 2 is 2.14 bits per heavy atom. The molecule has 1 unspecified atom stereocenters. The maximum Gasteiger partial charge on any atom is 0.234 e. The molecule has 0 radical (unpaired) electrons. The van der Waals surface area contributed by atoms with Gasteiger partial charge in [-0.3, -0.25) is 4.79 Å². The fourth-order valence-electron chi connectivity index (χ4n) is 1.02. The molecular formula is C9H12ClFN2O. The molecule has 1 aromatic rings. The minimum Gasteiger partial charge on any atom is -0.368 e. The Kier molecular flexibility index (Phi) is 5.12. The van der Waals surface area contributed by atoms with E-state index in [4.69, 9.17) is 11.5 Å². The number of hydrogen-bond donors (Lipinski definition) is 2. The summed E-state index contributed by atoms with van der Waals surface area (Å²) in [5, 5.41) is 0. The fraction of sp³-hybridized carbons (Fsp3) is 0.222. The second-order valence-electron chi connectivity index (χ2n) is 2.84. The molecule has 4 N–H and O–H groups in total. The second-order valence-corrected chi connectivity index (χ2v) is 2.84. The smallest absolute Gasteiger partial charge is 0.234 e. The lowest BCUT2D eigenvalue weighted by molar-refractivity contribution is -0.119. The van der Waals surface area contributed by atoms with Gasteiger partial charge in [0.1, 0.15) is 5.82 Å². The summed E-state index contributed by atoms with van der Waals surface area (Å²) in [7, 11) is 0. The van der Waals surface area contributed by atoms with E-state index < -0.39 is 11.9 Å². The molecule has 5 heteroatoms. The summed E-state index contributed by atoms with van der Waals surface area (Å²) in [6.45, 7) is 0. The Morgan fingerprint density at radius 3 is 2.64 bits per heavy atom. The van der Waals surface area contributed by atoms with Crippen molar-refractivity contribution >= 4 is 18.3 Å². The molecule has 1 aromatic carbocycles. The van der Waals surface area contributed by atoms with E-state index in [9.17, 15) is 9.18 Å². The maximum absolute atomic E-state index is 12.7. The molecule has 3 nitrogen and oxygen atoms in total. The van der Waals surface area contributed by atoms with Gasteiger partial charge in [-0.15, -0.1) is 12.4 Å². The van der Waals surface area contributed by atoms with E-state index in [1.54, 1.807) is 12.1 Å². The number of amides is 1. The van der Waals surface area contributed by atoms with Crippen molar-refractivity contribution in [3.05, 3.63) is 35.6 Å². The van der Waals surface area contributed by atoms with Crippen LogP contribution in [0.3, 0.4) is 0 Å². The number of carbonyl (C=O) groups is 1. The Hall–Kier alpha value is -1.13. The quantitative estimate of drug-likeness (QED) is 0.780. The average molecular weight is 219 g/mol. The SMILES string of the molecule is Cl.NC(=O)C(N)Cc1cccc(F)c1. The maximum atomic E-state index is 12.7. The van der Waals surface area contributed by atoms with Crippen LogP contribution in [0.15, 0.2) is 24.3 Å². The highest BCUT2D eigenvalue weighted by Gasteiger charge is 2.09. The zero-order valence-electron chi connectivity index (χ0n) is 7.44. The van der Waals surface area contributed by atoms with Crippen molar-refractivity contribution in [2.45, 2.75) is 12.5 Å². The van der Waals surface area contributed by atoms with Gasteiger partial charge in [0.25, 0.3) is 0 Å². The Morgan fingerprint density at radius 1 is 1.50 bits per heavy atom. The molecule has 78 valence electrons. The minimum absolute atomic E-state index is 0. The molecule has 0 saturated heterocycles. The van der Waals surface area contributed by atoms with Crippen LogP contribution in [-0.4, -0.2) is 11.9 Å². The van der Waals surface area contributed by atoms with Crippen molar-refractivity contribution in [1.29, 1.82) is 0 Å². The normalized spacial score (nSPS) is 11.6. The number of rotatable bonds is 3. The number of nitrogens with two attached hydrogens (primary N) is 2. The molecule has 0 aliphatic carbocycles. The summed E-state index contributed by atoms with van der Waals surface area (Å²) < 4.78 is 12.7. The van der Waals surface area contributed by atoms with Crippen molar-refractivity contribution in [2.24, 2.45) is 11.5 Å². The summed E-state index contributed by atoms with van der Waals surface area (Å²) in [6, 6.07) is 5.19. The first-order valence-corrected chi connectivity index (χ1v) is 3.89. The van der Waals surface area contributed by atoms with Crippen LogP contribution < -0.4 is 11.5 Å². The lowest BCUT2D eigenvalue weighted by Crippen LogP contribution is -2.38. The first-order valence-electron chi connectivity index (χ1n) is 3.89. The molecular weight excluding hydrogens is 207 g/mol. The standard InChI is InChI=1S/C9H11FN2O.ClH/c10-7-3-1-2-6(4-7)5-8(11)9(12)13;/h1-4,8H,5,11H2,(H2,12,13);1H. The van der Waals surface area contributed by atoms with Gasteiger partial charge in [0.15, 0.2) is 0 Å². The van der Waals surface area contributed by atoms with Crippen LogP contribution in [0.25, 0.3) is 0 Å². The number of benzene rings is 1. The Balaban J connectivity index is 0.00000169. The first kappa shape index (κ1) is 12.9. The summed E-state index contributed by atoms with van der Waals surface area (Å²) in [6.07, 6.45) is 0.271. The van der Waals surface area contributed by atoms with Crippen molar-refractivity contribution in [3.63, 3.8) is 0 Å². The van der Waals surface area contributed by atoms with Crippen LogP contribution in [0.1, 0.15) is 5.56 Å². The Bertz CT molecular complexity index is 319. The minimum atomic E-state index is -0.748. The highest BCUT2D eigenvalue weighted by Crippen LogP contribution is 2.05. The van der Waals surface area contributed by atoms with Crippen LogP contribution >= 0.6 is 12.4 Å². The monoisotopic (exact) mass is 218 g/mol. The van der Waals surface area contributed by atoms with Crippen LogP contribution in [0.2, 0.25) is 0 Å². The first-order chi connectivity index (χ1) is 6.09. The van der Waals surface area contributed by atoms with Gasteiger partial charge in [0.05, 0.1) is 6.04 Å². The van der Waals surface area contributed by atoms with E-state index in [0.29, 0.717) is 5.56 Å². The molecule has 0 aliphatic heterocycles. The predicted molar refractivity (Wildman–Crippen MR) is 54.5 cm³/mol. The van der Waals surface area contributed by atoms with E-state index in [1.165, 1.54) is 12.1 Å². The molecule has 1 amide bonds. The highest BCUT2D eigenvalue weighted by atomic mass is 35.5. The van der Waals surface area contributed by atoms with Crippen molar-refractivity contribution in [3.8, 4) is 0 Å². The average Bonchev–Trinajstić information content (AvgIpc) is 2.04. The van der Waals surface area contributed by atoms with Gasteiger partial charge in [0.2, 0.25) is 5.91 Å². The topological polar surface area (TPSA) is 69.1 Å². The van der Waals surface area contributed by atoms with Crippen LogP contribution in [0.5, 0.6) is 0 Å². The van der Waals surface area contributed by atoms with Gasteiger partial charge in [-0.2, -0.15) is 0 Å². The molecule has 0 spiro atoms. The zero-order chi connectivity index (χ0) is 9.84. The van der Waals surface area contributed by atoms with E-state index >= 15 is 0 Å². The molecule has 14 heavy (non-hydrogen) atoms. The molecule has 1 atom stereocenters. The number of halogens is 2. The summed E-state index contributed by atoms with van der Waals surface area (Å²) in [5.74, 6) is -0.918. The van der Waals surface area contributed by atoms with Crippen molar-refractivity contribution in [2.75, 3.05) is 0 Å². The van der Waals surface area contributed by atoms with Crippen molar-refractivity contribution < 1.29 is 9.18 Å². The molecule has 0 heterocycles. The fourth-order valence-corrected chi connectivity index (χ4v) is 1.02. The summed E-state index contributed by atoms with van der Waals surface area (Å²) >= 11 is 0. The van der Waals surface area contributed by atoms with E-state index in [-0.39, 0.29) is 24.6 Å². The van der Waals surface area contributed by atoms with Gasteiger partial charge in [-0.05, 0) is 24.1 Å². The predicted octanol–water partition coefficient (Wildman–Crippen LogP) is 0.603. The van der Waals surface area contributed by atoms with Gasteiger partial charge in [-0.25, -0.2) is 4.39 Å². The highest BCUT2D eigenvalue weighted by molar-refractivity contribution is 5.85. The van der Waals surface area contributed by atoms with Crippen molar-refractivity contribution in [1.82, 2.24) is 0 Å². The van der Waals surface area contributed by atoms with Gasteiger partial charge in [0, 0.05) is 0 Å². The molecule has 0 fully saturated rings. The van der Waals surface area contributed by atoms with Crippen LogP contribution in [0.4, 0.5) is 4.39 Å². The number of carbonyl (C=O) groups excluding carboxylic acids is 1. The molecule has 0 bridgehead atoms. The molecule has 1 rings (SSSR count). The lowest BCUT2D eigenvalue weighted by atomic mass is 10.1. The van der Waals surface area contributed by atoms with E-state index in [0.717, 1.165) is 0 Å². The third-order valence-corrected chi connectivity index (χ3v) is 1.71. The zero-order valence-corrected chi connectivity index (χ0v) is 8.26. The summed E-state index contributed by atoms with van der Waals surface area (Å²) in [5.41, 5.74) is 11.0. The van der Waals surface area contributed by atoms with E-state index in [1.807, 2.05) is 0 Å². The van der Waals surface area contributed by atoms with Gasteiger partial charge >= 0.3 is 0 Å². The molecule has 0 aromatic heterocycles. The van der Waals surface area contributed by atoms with Gasteiger partial charge in [-0.1, -0.05) is 12.1 Å². The third kappa shape index (κ3) is 3.72. The van der Waals surface area contributed by atoms with E-state index in [2.05, 4.69) is 0 Å². The lowest BCUT2D eigenvalue weighted by Gasteiger charge is -2.06. The van der Waals surface area contributed by atoms with Crippen LogP contribution in [-0.2, 0) is 11.2 Å². The Labute approximate surface area is 87.7 Å². The number of primary amides is 1. The third-order valence-electron chi connectivity index (χ3n) is 1.71.